The van der Waals surface area contributed by atoms with Crippen molar-refractivity contribution in [3.63, 3.8) is 0 Å². The van der Waals surface area contributed by atoms with Gasteiger partial charge >= 0.3 is 0 Å². The predicted octanol–water partition coefficient (Wildman–Crippen LogP) is 4.15. The first-order valence-corrected chi connectivity index (χ1v) is 8.56. The zero-order chi connectivity index (χ0) is 15.4. The van der Waals surface area contributed by atoms with E-state index in [1.807, 2.05) is 16.0 Å². The molecule has 3 aromatic rings. The van der Waals surface area contributed by atoms with Crippen molar-refractivity contribution in [2.75, 3.05) is 0 Å². The van der Waals surface area contributed by atoms with E-state index in [-0.39, 0.29) is 0 Å². The Hall–Kier alpha value is -1.73. The van der Waals surface area contributed by atoms with Crippen LogP contribution in [0, 0.1) is 11.6 Å². The van der Waals surface area contributed by atoms with E-state index >= 15 is 0 Å². The molecule has 0 spiro atoms. The summed E-state index contributed by atoms with van der Waals surface area (Å²) in [4.78, 5) is 1.29. The second-order valence-corrected chi connectivity index (χ2v) is 6.61. The molecule has 0 amide bonds. The maximum atomic E-state index is 13.6. The number of rotatable bonds is 6. The summed E-state index contributed by atoms with van der Waals surface area (Å²) < 4.78 is 28.8. The van der Waals surface area contributed by atoms with Crippen LogP contribution >= 0.6 is 23.1 Å². The molecule has 114 valence electrons. The minimum absolute atomic E-state index is 0.321. The van der Waals surface area contributed by atoms with Crippen molar-refractivity contribution in [2.24, 2.45) is 0 Å². The normalized spacial score (nSPS) is 11.0. The third-order valence-corrected chi connectivity index (χ3v) is 5.11. The summed E-state index contributed by atoms with van der Waals surface area (Å²) in [5.74, 6) is -1.29. The molecule has 7 heteroatoms. The van der Waals surface area contributed by atoms with Crippen molar-refractivity contribution in [3.8, 4) is 0 Å². The van der Waals surface area contributed by atoms with Crippen LogP contribution < -0.4 is 0 Å². The van der Waals surface area contributed by atoms with Crippen LogP contribution in [0.15, 0.2) is 47.2 Å². The molecule has 0 fully saturated rings. The van der Waals surface area contributed by atoms with E-state index in [1.165, 1.54) is 22.7 Å². The summed E-state index contributed by atoms with van der Waals surface area (Å²) in [6.07, 6.45) is 2.56. The molecule has 0 bridgehead atoms. The smallest absolute Gasteiger partial charge is 0.191 e. The summed E-state index contributed by atoms with van der Waals surface area (Å²) in [6.45, 7) is 0.765. The molecular formula is C15H13F2N3S2. The second-order valence-electron chi connectivity index (χ2n) is 4.64. The lowest BCUT2D eigenvalue weighted by Crippen LogP contribution is -2.01. The Morgan fingerprint density at radius 2 is 2.09 bits per heavy atom. The number of hydrogen-bond acceptors (Lipinski definition) is 4. The standard InChI is InChI=1S/C15H13F2N3S2/c16-13-5-1-3-11(14(13)17)9-22-15-19-18-10-20(15)7-6-12-4-2-8-21-12/h1-5,8,10H,6-7,9H2. The summed E-state index contributed by atoms with van der Waals surface area (Å²) >= 11 is 3.07. The molecule has 2 heterocycles. The van der Waals surface area contributed by atoms with Crippen LogP contribution in [0.25, 0.3) is 0 Å². The lowest BCUT2D eigenvalue weighted by atomic mass is 10.2. The molecule has 3 rings (SSSR count). The third kappa shape index (κ3) is 3.53. The van der Waals surface area contributed by atoms with Gasteiger partial charge in [-0.3, -0.25) is 0 Å². The SMILES string of the molecule is Fc1cccc(CSc2nncn2CCc2cccs2)c1F. The van der Waals surface area contributed by atoms with Crippen LogP contribution in [0.2, 0.25) is 0 Å². The molecule has 0 atom stereocenters. The van der Waals surface area contributed by atoms with Gasteiger partial charge in [0, 0.05) is 22.7 Å². The Bertz CT molecular complexity index is 741. The van der Waals surface area contributed by atoms with Gasteiger partial charge in [-0.15, -0.1) is 21.5 Å². The lowest BCUT2D eigenvalue weighted by Gasteiger charge is -2.06. The van der Waals surface area contributed by atoms with Crippen molar-refractivity contribution in [1.29, 1.82) is 0 Å². The largest absolute Gasteiger partial charge is 0.308 e. The van der Waals surface area contributed by atoms with Gasteiger partial charge in [-0.25, -0.2) is 8.78 Å². The van der Waals surface area contributed by atoms with Gasteiger partial charge in [0.15, 0.2) is 16.8 Å². The fourth-order valence-electron chi connectivity index (χ4n) is 2.00. The van der Waals surface area contributed by atoms with Gasteiger partial charge in [-0.2, -0.15) is 0 Å². The van der Waals surface area contributed by atoms with Gasteiger partial charge in [-0.1, -0.05) is 30.0 Å². The van der Waals surface area contributed by atoms with Gasteiger partial charge in [0.25, 0.3) is 0 Å². The van der Waals surface area contributed by atoms with Crippen LogP contribution in [0.5, 0.6) is 0 Å². The molecular weight excluding hydrogens is 324 g/mol. The highest BCUT2D eigenvalue weighted by Crippen LogP contribution is 2.23. The van der Waals surface area contributed by atoms with Crippen molar-refractivity contribution >= 4 is 23.1 Å². The van der Waals surface area contributed by atoms with E-state index in [9.17, 15) is 8.78 Å². The maximum Gasteiger partial charge on any atom is 0.191 e. The van der Waals surface area contributed by atoms with Crippen LogP contribution in [0.4, 0.5) is 8.78 Å². The number of aryl methyl sites for hydroxylation is 2. The Kier molecular flexibility index (Phi) is 4.84. The highest BCUT2D eigenvalue weighted by Gasteiger charge is 2.11. The van der Waals surface area contributed by atoms with Gasteiger partial charge in [0.05, 0.1) is 0 Å². The third-order valence-electron chi connectivity index (χ3n) is 3.15. The number of nitrogens with zero attached hydrogens (tertiary/aromatic N) is 3. The molecule has 0 aliphatic heterocycles. The van der Waals surface area contributed by atoms with Crippen LogP contribution in [0.1, 0.15) is 10.4 Å². The Morgan fingerprint density at radius 3 is 2.91 bits per heavy atom. The molecule has 3 nitrogen and oxygen atoms in total. The first-order valence-electron chi connectivity index (χ1n) is 6.70. The highest BCUT2D eigenvalue weighted by atomic mass is 32.2. The van der Waals surface area contributed by atoms with E-state index in [0.717, 1.165) is 19.0 Å². The highest BCUT2D eigenvalue weighted by molar-refractivity contribution is 7.98. The van der Waals surface area contributed by atoms with E-state index in [0.29, 0.717) is 16.5 Å². The molecule has 0 aliphatic carbocycles. The van der Waals surface area contributed by atoms with Crippen molar-refractivity contribution in [1.82, 2.24) is 14.8 Å². The quantitative estimate of drug-likeness (QED) is 0.633. The summed E-state index contributed by atoms with van der Waals surface area (Å²) in [6, 6.07) is 8.32. The molecule has 0 unspecified atom stereocenters. The molecule has 0 saturated carbocycles. The predicted molar refractivity (Wildman–Crippen MR) is 84.0 cm³/mol. The summed E-state index contributed by atoms with van der Waals surface area (Å²) in [5.41, 5.74) is 0.331. The average Bonchev–Trinajstić information content (AvgIpc) is 3.17. The first-order chi connectivity index (χ1) is 10.7. The Labute approximate surface area is 135 Å². The number of halogens is 2. The van der Waals surface area contributed by atoms with Gasteiger partial charge in [0.2, 0.25) is 0 Å². The number of hydrogen-bond donors (Lipinski definition) is 0. The van der Waals surface area contributed by atoms with E-state index in [4.69, 9.17) is 0 Å². The summed E-state index contributed by atoms with van der Waals surface area (Å²) in [7, 11) is 0. The number of thiophene rings is 1. The van der Waals surface area contributed by atoms with Gasteiger partial charge < -0.3 is 4.57 Å². The Balaban J connectivity index is 1.63. The van der Waals surface area contributed by atoms with E-state index in [2.05, 4.69) is 16.3 Å². The monoisotopic (exact) mass is 337 g/mol. The lowest BCUT2D eigenvalue weighted by molar-refractivity contribution is 0.502. The minimum Gasteiger partial charge on any atom is -0.308 e. The van der Waals surface area contributed by atoms with Gasteiger partial charge in [0.1, 0.15) is 6.33 Å². The number of thioether (sulfide) groups is 1. The van der Waals surface area contributed by atoms with Crippen LogP contribution in [-0.2, 0) is 18.7 Å². The van der Waals surface area contributed by atoms with Crippen molar-refractivity contribution in [3.05, 3.63) is 64.1 Å². The zero-order valence-electron chi connectivity index (χ0n) is 11.6. The van der Waals surface area contributed by atoms with Crippen molar-refractivity contribution in [2.45, 2.75) is 23.9 Å². The first kappa shape index (κ1) is 15.2. The number of aromatic nitrogens is 3. The van der Waals surface area contributed by atoms with E-state index < -0.39 is 11.6 Å². The molecule has 0 aliphatic rings. The van der Waals surface area contributed by atoms with Crippen LogP contribution in [-0.4, -0.2) is 14.8 Å². The number of benzene rings is 1. The fraction of sp³-hybridized carbons (Fsp3) is 0.200. The minimum atomic E-state index is -0.822. The van der Waals surface area contributed by atoms with E-state index in [1.54, 1.807) is 23.7 Å². The summed E-state index contributed by atoms with van der Waals surface area (Å²) in [5, 5.41) is 10.7. The Morgan fingerprint density at radius 1 is 1.18 bits per heavy atom. The molecule has 22 heavy (non-hydrogen) atoms. The zero-order valence-corrected chi connectivity index (χ0v) is 13.2. The molecule has 2 aromatic heterocycles. The van der Waals surface area contributed by atoms with Crippen molar-refractivity contribution < 1.29 is 8.78 Å². The molecule has 1 aromatic carbocycles. The molecule has 0 radical (unpaired) electrons. The fourth-order valence-corrected chi connectivity index (χ4v) is 3.61. The molecule has 0 N–H and O–H groups in total. The maximum absolute atomic E-state index is 13.6. The topological polar surface area (TPSA) is 30.7 Å². The van der Waals surface area contributed by atoms with Crippen LogP contribution in [0.3, 0.4) is 0 Å². The molecule has 0 saturated heterocycles. The van der Waals surface area contributed by atoms with Gasteiger partial charge in [-0.05, 0) is 23.9 Å². The average molecular weight is 337 g/mol. The second kappa shape index (κ2) is 7.02.